The molecule has 2 heterocycles. The van der Waals surface area contributed by atoms with Crippen molar-refractivity contribution in [3.05, 3.63) is 35.3 Å². The van der Waals surface area contributed by atoms with E-state index in [0.29, 0.717) is 22.9 Å². The molecule has 0 radical (unpaired) electrons. The van der Waals surface area contributed by atoms with Gasteiger partial charge in [0.1, 0.15) is 15.6 Å². The van der Waals surface area contributed by atoms with Gasteiger partial charge in [-0.3, -0.25) is 9.59 Å². The number of nitrogens with one attached hydrogen (secondary N) is 1. The van der Waals surface area contributed by atoms with Crippen LogP contribution >= 0.6 is 11.3 Å². The average molecular weight is 362 g/mol. The Morgan fingerprint density at radius 2 is 2.16 bits per heavy atom. The molecule has 1 aromatic carbocycles. The summed E-state index contributed by atoms with van der Waals surface area (Å²) in [5.41, 5.74) is 0.0296. The van der Waals surface area contributed by atoms with E-state index in [-0.39, 0.29) is 18.9 Å². The van der Waals surface area contributed by atoms with Crippen molar-refractivity contribution in [2.45, 2.75) is 18.4 Å². The van der Waals surface area contributed by atoms with Gasteiger partial charge in [-0.2, -0.15) is 0 Å². The van der Waals surface area contributed by atoms with E-state index in [2.05, 4.69) is 10.3 Å². The number of rotatable bonds is 6. The number of thiazole rings is 1. The van der Waals surface area contributed by atoms with Crippen LogP contribution in [-0.4, -0.2) is 47.8 Å². The number of aromatic nitrogens is 1. The first-order chi connectivity index (χ1) is 12.0. The van der Waals surface area contributed by atoms with Crippen LogP contribution in [-0.2, 0) is 9.53 Å². The minimum absolute atomic E-state index is 0.164. The highest BCUT2D eigenvalue weighted by molar-refractivity contribution is 7.16. The Hall–Kier alpha value is -2.45. The van der Waals surface area contributed by atoms with Gasteiger partial charge in [0.25, 0.3) is 5.91 Å². The minimum atomic E-state index is -0.964. The maximum absolute atomic E-state index is 12.5. The molecular weight excluding hydrogens is 344 g/mol. The van der Waals surface area contributed by atoms with E-state index in [1.165, 1.54) is 17.5 Å². The summed E-state index contributed by atoms with van der Waals surface area (Å²) >= 11 is 1.26. The highest BCUT2D eigenvalue weighted by Crippen LogP contribution is 2.28. The molecule has 2 aromatic rings. The van der Waals surface area contributed by atoms with E-state index >= 15 is 0 Å². The summed E-state index contributed by atoms with van der Waals surface area (Å²) in [6.07, 6.45) is 1.82. The average Bonchev–Trinajstić information content (AvgIpc) is 3.24. The summed E-state index contributed by atoms with van der Waals surface area (Å²) in [5, 5.41) is 12.6. The zero-order valence-corrected chi connectivity index (χ0v) is 14.5. The molecule has 0 bridgehead atoms. The third kappa shape index (κ3) is 3.97. The van der Waals surface area contributed by atoms with Crippen molar-refractivity contribution in [2.24, 2.45) is 0 Å². The lowest BCUT2D eigenvalue weighted by Crippen LogP contribution is -2.50. The standard InChI is InChI=1S/C17H18N2O5S/c1-23-12-4-2-11(3-5-12)16-18-9-13(25-16)15(22)19-17(8-14(20)21)6-7-24-10-17/h2-5,9H,6-8,10H2,1H3,(H,19,22)(H,20,21). The van der Waals surface area contributed by atoms with Gasteiger partial charge < -0.3 is 19.9 Å². The van der Waals surface area contributed by atoms with Crippen molar-refractivity contribution >= 4 is 23.2 Å². The molecule has 1 atom stereocenters. The first-order valence-electron chi connectivity index (χ1n) is 7.74. The van der Waals surface area contributed by atoms with E-state index in [1.807, 2.05) is 24.3 Å². The second kappa shape index (κ2) is 7.20. The van der Waals surface area contributed by atoms with E-state index in [4.69, 9.17) is 14.6 Å². The highest BCUT2D eigenvalue weighted by Gasteiger charge is 2.39. The zero-order valence-electron chi connectivity index (χ0n) is 13.7. The molecule has 1 aliphatic rings. The molecule has 0 spiro atoms. The zero-order chi connectivity index (χ0) is 17.9. The maximum atomic E-state index is 12.5. The topological polar surface area (TPSA) is 97.8 Å². The molecule has 1 amide bonds. The Morgan fingerprint density at radius 1 is 1.40 bits per heavy atom. The maximum Gasteiger partial charge on any atom is 0.305 e. The number of amides is 1. The van der Waals surface area contributed by atoms with Crippen molar-refractivity contribution in [3.8, 4) is 16.3 Å². The van der Waals surface area contributed by atoms with Crippen LogP contribution in [0, 0.1) is 0 Å². The predicted molar refractivity (Wildman–Crippen MR) is 92.0 cm³/mol. The molecule has 0 aliphatic carbocycles. The summed E-state index contributed by atoms with van der Waals surface area (Å²) in [7, 11) is 1.60. The van der Waals surface area contributed by atoms with Gasteiger partial charge in [0, 0.05) is 12.2 Å². The molecule has 1 fully saturated rings. The van der Waals surface area contributed by atoms with E-state index in [9.17, 15) is 9.59 Å². The molecule has 25 heavy (non-hydrogen) atoms. The van der Waals surface area contributed by atoms with Gasteiger partial charge in [0.2, 0.25) is 0 Å². The third-order valence-corrected chi connectivity index (χ3v) is 5.08. The van der Waals surface area contributed by atoms with Gasteiger partial charge in [-0.1, -0.05) is 0 Å². The summed E-state index contributed by atoms with van der Waals surface area (Å²) < 4.78 is 10.4. The Morgan fingerprint density at radius 3 is 2.76 bits per heavy atom. The molecular formula is C17H18N2O5S. The Bertz CT molecular complexity index is 766. The second-order valence-corrected chi connectivity index (χ2v) is 6.90. The van der Waals surface area contributed by atoms with Crippen molar-refractivity contribution in [2.75, 3.05) is 20.3 Å². The van der Waals surface area contributed by atoms with Gasteiger partial charge in [-0.25, -0.2) is 4.98 Å². The van der Waals surface area contributed by atoms with E-state index in [1.54, 1.807) is 7.11 Å². The Kier molecular flexibility index (Phi) is 5.00. The molecule has 1 saturated heterocycles. The van der Waals surface area contributed by atoms with Crippen LogP contribution in [0.15, 0.2) is 30.5 Å². The number of ether oxygens (including phenoxy) is 2. The van der Waals surface area contributed by atoms with Crippen LogP contribution < -0.4 is 10.1 Å². The van der Waals surface area contributed by atoms with Crippen molar-refractivity contribution in [3.63, 3.8) is 0 Å². The smallest absolute Gasteiger partial charge is 0.305 e. The van der Waals surface area contributed by atoms with Crippen molar-refractivity contribution < 1.29 is 24.2 Å². The number of hydrogen-bond donors (Lipinski definition) is 2. The fourth-order valence-electron chi connectivity index (χ4n) is 2.73. The highest BCUT2D eigenvalue weighted by atomic mass is 32.1. The van der Waals surface area contributed by atoms with Crippen LogP contribution in [0.1, 0.15) is 22.5 Å². The second-order valence-electron chi connectivity index (χ2n) is 5.87. The number of carboxylic acids is 1. The number of methoxy groups -OCH3 is 1. The number of aliphatic carboxylic acids is 1. The van der Waals surface area contributed by atoms with Crippen molar-refractivity contribution in [1.29, 1.82) is 0 Å². The van der Waals surface area contributed by atoms with Gasteiger partial charge in [0.15, 0.2) is 0 Å². The Labute approximate surface area is 148 Å². The molecule has 1 aromatic heterocycles. The van der Waals surface area contributed by atoms with Gasteiger partial charge in [-0.15, -0.1) is 11.3 Å². The van der Waals surface area contributed by atoms with Crippen LogP contribution in [0.25, 0.3) is 10.6 Å². The molecule has 8 heteroatoms. The Balaban J connectivity index is 1.74. The summed E-state index contributed by atoms with van der Waals surface area (Å²) in [4.78, 5) is 28.3. The SMILES string of the molecule is COc1ccc(-c2ncc(C(=O)NC3(CC(=O)O)CCOC3)s2)cc1. The summed E-state index contributed by atoms with van der Waals surface area (Å²) in [6, 6.07) is 7.40. The monoisotopic (exact) mass is 362 g/mol. The van der Waals surface area contributed by atoms with Crippen LogP contribution in [0.5, 0.6) is 5.75 Å². The molecule has 1 unspecified atom stereocenters. The molecule has 7 nitrogen and oxygen atoms in total. The number of hydrogen-bond acceptors (Lipinski definition) is 6. The fourth-order valence-corrected chi connectivity index (χ4v) is 3.54. The summed E-state index contributed by atoms with van der Waals surface area (Å²) in [5.74, 6) is -0.548. The number of carboxylic acid groups (broad SMARTS) is 1. The molecule has 132 valence electrons. The van der Waals surface area contributed by atoms with Crippen LogP contribution in [0.4, 0.5) is 0 Å². The van der Waals surface area contributed by atoms with Crippen molar-refractivity contribution in [1.82, 2.24) is 10.3 Å². The van der Waals surface area contributed by atoms with Gasteiger partial charge >= 0.3 is 5.97 Å². The first-order valence-corrected chi connectivity index (χ1v) is 8.55. The third-order valence-electron chi connectivity index (χ3n) is 4.04. The number of carbonyl (C=O) groups is 2. The molecule has 1 aliphatic heterocycles. The lowest BCUT2D eigenvalue weighted by atomic mass is 9.94. The largest absolute Gasteiger partial charge is 0.497 e. The predicted octanol–water partition coefficient (Wildman–Crippen LogP) is 2.18. The van der Waals surface area contributed by atoms with Crippen LogP contribution in [0.2, 0.25) is 0 Å². The number of carbonyl (C=O) groups excluding carboxylic acids is 1. The quantitative estimate of drug-likeness (QED) is 0.817. The molecule has 2 N–H and O–H groups in total. The van der Waals surface area contributed by atoms with Gasteiger partial charge in [-0.05, 0) is 30.7 Å². The summed E-state index contributed by atoms with van der Waals surface area (Å²) in [6.45, 7) is 0.641. The molecule has 0 saturated carbocycles. The number of nitrogens with zero attached hydrogens (tertiary/aromatic N) is 1. The molecule has 3 rings (SSSR count). The normalized spacial score (nSPS) is 19.6. The lowest BCUT2D eigenvalue weighted by Gasteiger charge is -2.26. The fraction of sp³-hybridized carbons (Fsp3) is 0.353. The van der Waals surface area contributed by atoms with Crippen LogP contribution in [0.3, 0.4) is 0 Å². The van der Waals surface area contributed by atoms with E-state index < -0.39 is 11.5 Å². The van der Waals surface area contributed by atoms with Gasteiger partial charge in [0.05, 0.1) is 31.9 Å². The van der Waals surface area contributed by atoms with E-state index in [0.717, 1.165) is 11.3 Å². The first kappa shape index (κ1) is 17.4. The minimum Gasteiger partial charge on any atom is -0.497 e. The lowest BCUT2D eigenvalue weighted by molar-refractivity contribution is -0.138. The number of benzene rings is 1.